The molecule has 0 bridgehead atoms. The van der Waals surface area contributed by atoms with E-state index in [0.717, 1.165) is 19.5 Å². The Kier molecular flexibility index (Phi) is 2.89. The molecule has 7 nitrogen and oxygen atoms in total. The molecule has 3 rings (SSSR count). The first-order valence-electron chi connectivity index (χ1n) is 5.79. The van der Waals surface area contributed by atoms with Crippen LogP contribution in [-0.2, 0) is 0 Å². The minimum absolute atomic E-state index is 0.303. The quantitative estimate of drug-likeness (QED) is 0.850. The summed E-state index contributed by atoms with van der Waals surface area (Å²) in [6.45, 7) is 1.88. The first-order valence-corrected chi connectivity index (χ1v) is 5.79. The van der Waals surface area contributed by atoms with Crippen LogP contribution < -0.4 is 10.1 Å². The second-order valence-electron chi connectivity index (χ2n) is 4.11. The van der Waals surface area contributed by atoms with Crippen LogP contribution in [-0.4, -0.2) is 40.5 Å². The van der Waals surface area contributed by atoms with E-state index in [9.17, 15) is 0 Å². The van der Waals surface area contributed by atoms with Crippen LogP contribution in [0.4, 0.5) is 0 Å². The van der Waals surface area contributed by atoms with Crippen molar-refractivity contribution in [2.24, 2.45) is 0 Å². The van der Waals surface area contributed by atoms with Crippen LogP contribution in [0.1, 0.15) is 18.2 Å². The fourth-order valence-electron chi connectivity index (χ4n) is 1.92. The van der Waals surface area contributed by atoms with Crippen molar-refractivity contribution in [2.75, 3.05) is 20.2 Å². The molecular weight excluding hydrogens is 234 g/mol. The molecule has 0 aromatic carbocycles. The highest BCUT2D eigenvalue weighted by atomic mass is 16.5. The first-order chi connectivity index (χ1) is 8.86. The fraction of sp³-hybridized carbons (Fsp3) is 0.455. The van der Waals surface area contributed by atoms with Crippen molar-refractivity contribution in [2.45, 2.75) is 12.3 Å². The Morgan fingerprint density at radius 1 is 1.39 bits per heavy atom. The molecule has 3 heterocycles. The largest absolute Gasteiger partial charge is 0.480 e. The maximum atomic E-state index is 5.26. The molecule has 1 atom stereocenters. The molecule has 1 saturated heterocycles. The number of hydrogen-bond donors (Lipinski definition) is 1. The maximum Gasteiger partial charge on any atom is 0.233 e. The van der Waals surface area contributed by atoms with Gasteiger partial charge in [0.05, 0.1) is 13.0 Å². The summed E-state index contributed by atoms with van der Waals surface area (Å²) in [4.78, 5) is 4.36. The fourth-order valence-corrected chi connectivity index (χ4v) is 1.92. The molecule has 18 heavy (non-hydrogen) atoms. The summed E-state index contributed by atoms with van der Waals surface area (Å²) in [5, 5.41) is 15.1. The van der Waals surface area contributed by atoms with E-state index in [2.05, 4.69) is 25.7 Å². The summed E-state index contributed by atoms with van der Waals surface area (Å²) in [5.74, 6) is 1.89. The van der Waals surface area contributed by atoms with Gasteiger partial charge in [-0.1, -0.05) is 5.16 Å². The zero-order chi connectivity index (χ0) is 12.4. The van der Waals surface area contributed by atoms with Crippen LogP contribution in [0, 0.1) is 0 Å². The predicted octanol–water partition coefficient (Wildman–Crippen LogP) is 0.612. The van der Waals surface area contributed by atoms with Crippen LogP contribution in [0.5, 0.6) is 5.88 Å². The number of rotatable bonds is 3. The van der Waals surface area contributed by atoms with Gasteiger partial charge in [0.15, 0.2) is 0 Å². The molecule has 1 unspecified atom stereocenters. The molecule has 1 aliphatic heterocycles. The highest BCUT2D eigenvalue weighted by Crippen LogP contribution is 2.23. The van der Waals surface area contributed by atoms with Gasteiger partial charge in [0.2, 0.25) is 17.6 Å². The molecule has 0 aliphatic carbocycles. The van der Waals surface area contributed by atoms with Crippen LogP contribution in [0.3, 0.4) is 0 Å². The Balaban J connectivity index is 1.82. The van der Waals surface area contributed by atoms with Gasteiger partial charge in [0, 0.05) is 12.6 Å². The third-order valence-corrected chi connectivity index (χ3v) is 2.93. The smallest absolute Gasteiger partial charge is 0.233 e. The van der Waals surface area contributed by atoms with E-state index in [-0.39, 0.29) is 0 Å². The van der Waals surface area contributed by atoms with Gasteiger partial charge in [-0.05, 0) is 19.0 Å². The van der Waals surface area contributed by atoms with Gasteiger partial charge in [-0.15, -0.1) is 10.2 Å². The highest BCUT2D eigenvalue weighted by Gasteiger charge is 2.23. The van der Waals surface area contributed by atoms with Crippen molar-refractivity contribution < 1.29 is 9.26 Å². The Labute approximate surface area is 104 Å². The molecule has 2 aromatic rings. The molecule has 1 N–H and O–H groups in total. The highest BCUT2D eigenvalue weighted by molar-refractivity contribution is 5.47. The normalized spacial score (nSPS) is 19.1. The second kappa shape index (κ2) is 4.69. The van der Waals surface area contributed by atoms with E-state index in [1.807, 2.05) is 0 Å². The SMILES string of the molecule is COc1ccc(-c2noc(C3CCNC3)n2)nn1. The molecule has 0 saturated carbocycles. The van der Waals surface area contributed by atoms with E-state index in [0.29, 0.717) is 29.2 Å². The van der Waals surface area contributed by atoms with Gasteiger partial charge in [-0.25, -0.2) is 0 Å². The molecule has 1 fully saturated rings. The number of aromatic nitrogens is 4. The van der Waals surface area contributed by atoms with Crippen molar-refractivity contribution >= 4 is 0 Å². The Morgan fingerprint density at radius 2 is 2.33 bits per heavy atom. The Morgan fingerprint density at radius 3 is 3.00 bits per heavy atom. The first kappa shape index (κ1) is 11.1. The third-order valence-electron chi connectivity index (χ3n) is 2.93. The van der Waals surface area contributed by atoms with Crippen molar-refractivity contribution in [3.8, 4) is 17.4 Å². The van der Waals surface area contributed by atoms with E-state index in [4.69, 9.17) is 9.26 Å². The zero-order valence-electron chi connectivity index (χ0n) is 9.96. The standard InChI is InChI=1S/C11H13N5O2/c1-17-9-3-2-8(14-15-9)10-13-11(18-16-10)7-4-5-12-6-7/h2-3,7,12H,4-6H2,1H3. The van der Waals surface area contributed by atoms with Crippen LogP contribution in [0.25, 0.3) is 11.5 Å². The lowest BCUT2D eigenvalue weighted by molar-refractivity contribution is 0.359. The van der Waals surface area contributed by atoms with Gasteiger partial charge in [-0.2, -0.15) is 4.98 Å². The van der Waals surface area contributed by atoms with Crippen LogP contribution in [0.2, 0.25) is 0 Å². The van der Waals surface area contributed by atoms with Crippen LogP contribution >= 0.6 is 0 Å². The number of nitrogens with zero attached hydrogens (tertiary/aromatic N) is 4. The van der Waals surface area contributed by atoms with E-state index < -0.39 is 0 Å². The average molecular weight is 247 g/mol. The van der Waals surface area contributed by atoms with Gasteiger partial charge in [0.1, 0.15) is 5.69 Å². The summed E-state index contributed by atoms with van der Waals surface area (Å²) in [5.41, 5.74) is 0.580. The molecule has 7 heteroatoms. The van der Waals surface area contributed by atoms with Gasteiger partial charge >= 0.3 is 0 Å². The monoisotopic (exact) mass is 247 g/mol. The number of ether oxygens (including phenoxy) is 1. The maximum absolute atomic E-state index is 5.26. The number of hydrogen-bond acceptors (Lipinski definition) is 7. The summed E-state index contributed by atoms with van der Waals surface area (Å²) in [7, 11) is 1.54. The minimum atomic E-state index is 0.303. The van der Waals surface area contributed by atoms with Crippen LogP contribution in [0.15, 0.2) is 16.7 Å². The topological polar surface area (TPSA) is 86.0 Å². The summed E-state index contributed by atoms with van der Waals surface area (Å²) >= 11 is 0. The lowest BCUT2D eigenvalue weighted by atomic mass is 10.1. The van der Waals surface area contributed by atoms with Crippen molar-refractivity contribution in [3.63, 3.8) is 0 Å². The summed E-state index contributed by atoms with van der Waals surface area (Å²) < 4.78 is 10.2. The van der Waals surface area contributed by atoms with E-state index >= 15 is 0 Å². The molecule has 94 valence electrons. The zero-order valence-corrected chi connectivity index (χ0v) is 9.96. The Hall–Kier alpha value is -2.02. The second-order valence-corrected chi connectivity index (χ2v) is 4.11. The van der Waals surface area contributed by atoms with Crippen molar-refractivity contribution in [1.82, 2.24) is 25.7 Å². The van der Waals surface area contributed by atoms with Crippen molar-refractivity contribution in [1.29, 1.82) is 0 Å². The molecule has 0 spiro atoms. The van der Waals surface area contributed by atoms with Gasteiger partial charge in [0.25, 0.3) is 0 Å². The Bertz CT molecular complexity index is 518. The summed E-state index contributed by atoms with van der Waals surface area (Å²) in [6.07, 6.45) is 1.02. The minimum Gasteiger partial charge on any atom is -0.480 e. The average Bonchev–Trinajstić information content (AvgIpc) is 3.09. The van der Waals surface area contributed by atoms with E-state index in [1.54, 1.807) is 19.2 Å². The molecule has 0 amide bonds. The molecule has 1 aliphatic rings. The lowest BCUT2D eigenvalue weighted by Gasteiger charge is -1.98. The third kappa shape index (κ3) is 2.04. The summed E-state index contributed by atoms with van der Waals surface area (Å²) in [6, 6.07) is 3.48. The molecule has 0 radical (unpaired) electrons. The van der Waals surface area contributed by atoms with E-state index in [1.165, 1.54) is 0 Å². The van der Waals surface area contributed by atoms with Gasteiger partial charge < -0.3 is 14.6 Å². The number of nitrogens with one attached hydrogen (secondary N) is 1. The predicted molar refractivity (Wildman–Crippen MR) is 62.1 cm³/mol. The van der Waals surface area contributed by atoms with Crippen molar-refractivity contribution in [3.05, 3.63) is 18.0 Å². The lowest BCUT2D eigenvalue weighted by Crippen LogP contribution is -2.08. The molecular formula is C11H13N5O2. The number of methoxy groups -OCH3 is 1. The molecule has 2 aromatic heterocycles. The van der Waals surface area contributed by atoms with Gasteiger partial charge in [-0.3, -0.25) is 0 Å².